The number of imide groups is 1. The maximum absolute atomic E-state index is 13.8. The molecule has 0 radical (unpaired) electrons. The van der Waals surface area contributed by atoms with Gasteiger partial charge in [-0.25, -0.2) is 14.1 Å². The molecule has 4 amide bonds. The maximum Gasteiger partial charge on any atom is 0.332 e. The Kier molecular flexibility index (Phi) is 5.33. The van der Waals surface area contributed by atoms with Crippen LogP contribution in [0.3, 0.4) is 0 Å². The Hall–Kier alpha value is -2.78. The molecule has 29 heavy (non-hydrogen) atoms. The number of likely N-dealkylation sites (tertiary alicyclic amines) is 1. The van der Waals surface area contributed by atoms with Crippen molar-refractivity contribution in [1.82, 2.24) is 9.80 Å². The van der Waals surface area contributed by atoms with E-state index in [0.717, 1.165) is 15.8 Å². The molecule has 9 heteroatoms. The number of fused-ring (bicyclic) bond motifs is 1. The van der Waals surface area contributed by atoms with Crippen molar-refractivity contribution in [2.24, 2.45) is 0 Å². The first kappa shape index (κ1) is 19.5. The van der Waals surface area contributed by atoms with E-state index in [-0.39, 0.29) is 18.2 Å². The number of carbonyl (C=O) groups excluding carboxylic acids is 3. The molecule has 2 fully saturated rings. The van der Waals surface area contributed by atoms with Crippen molar-refractivity contribution in [1.29, 1.82) is 0 Å². The van der Waals surface area contributed by atoms with Gasteiger partial charge >= 0.3 is 6.03 Å². The number of nitrogens with zero attached hydrogens (tertiary/aromatic N) is 3. The second-order valence-corrected chi connectivity index (χ2v) is 8.00. The highest BCUT2D eigenvalue weighted by Crippen LogP contribution is 2.34. The Morgan fingerprint density at radius 1 is 1.28 bits per heavy atom. The molecule has 0 saturated carbocycles. The van der Waals surface area contributed by atoms with Gasteiger partial charge in [0.1, 0.15) is 18.5 Å². The van der Waals surface area contributed by atoms with Gasteiger partial charge in [-0.1, -0.05) is 12.1 Å². The van der Waals surface area contributed by atoms with Crippen LogP contribution in [0.25, 0.3) is 0 Å². The molecule has 4 rings (SSSR count). The number of benzene rings is 1. The lowest BCUT2D eigenvalue weighted by molar-refractivity contribution is -0.141. The molecular weight excluding hydrogens is 397 g/mol. The average molecular weight is 417 g/mol. The van der Waals surface area contributed by atoms with Crippen LogP contribution >= 0.6 is 11.3 Å². The number of ether oxygens (including phenoxy) is 1. The minimum atomic E-state index is -0.821. The standard InChI is InChI=1S/C20H20FN3O4S/c1-28-12-17(25)22-8-7-16-18(22)19(26)24(14-5-2-4-13(21)10-14)20(27)23(16)11-15-6-3-9-29-15/h2-6,9-10,16,18H,7-8,11-12H2,1H3/t16-,18+/m1/s1. The summed E-state index contributed by atoms with van der Waals surface area (Å²) in [4.78, 5) is 44.2. The second kappa shape index (κ2) is 7.92. The van der Waals surface area contributed by atoms with Gasteiger partial charge in [0.2, 0.25) is 5.91 Å². The fraction of sp³-hybridized carbons (Fsp3) is 0.350. The second-order valence-electron chi connectivity index (χ2n) is 6.96. The van der Waals surface area contributed by atoms with Crippen molar-refractivity contribution in [2.75, 3.05) is 25.2 Å². The summed E-state index contributed by atoms with van der Waals surface area (Å²) in [6.45, 7) is 0.535. The number of anilines is 1. The minimum Gasteiger partial charge on any atom is -0.375 e. The van der Waals surface area contributed by atoms with Crippen molar-refractivity contribution in [3.8, 4) is 0 Å². The number of hydrogen-bond donors (Lipinski definition) is 0. The largest absolute Gasteiger partial charge is 0.375 e. The lowest BCUT2D eigenvalue weighted by Gasteiger charge is -2.43. The Balaban J connectivity index is 1.73. The SMILES string of the molecule is COCC(=O)N1CC[C@@H]2[C@H]1C(=O)N(c1cccc(F)c1)C(=O)N2Cc1cccs1. The molecule has 2 aliphatic heterocycles. The normalized spacial score (nSPS) is 21.7. The van der Waals surface area contributed by atoms with Crippen molar-refractivity contribution >= 4 is 34.9 Å². The summed E-state index contributed by atoms with van der Waals surface area (Å²) in [5.41, 5.74) is 0.153. The van der Waals surface area contributed by atoms with Crippen LogP contribution in [0, 0.1) is 5.82 Å². The fourth-order valence-electron chi connectivity index (χ4n) is 3.99. The summed E-state index contributed by atoms with van der Waals surface area (Å²) < 4.78 is 18.8. The van der Waals surface area contributed by atoms with Crippen LogP contribution in [0.15, 0.2) is 41.8 Å². The van der Waals surface area contributed by atoms with Gasteiger partial charge in [-0.15, -0.1) is 11.3 Å². The molecule has 0 bridgehead atoms. The van der Waals surface area contributed by atoms with E-state index in [9.17, 15) is 18.8 Å². The first-order valence-corrected chi connectivity index (χ1v) is 10.1. The third-order valence-electron chi connectivity index (χ3n) is 5.24. The number of hydrogen-bond acceptors (Lipinski definition) is 5. The Morgan fingerprint density at radius 3 is 2.79 bits per heavy atom. The molecule has 1 aromatic carbocycles. The Bertz CT molecular complexity index is 936. The molecule has 0 aliphatic carbocycles. The Labute approximate surface area is 171 Å². The van der Waals surface area contributed by atoms with Gasteiger partial charge in [-0.3, -0.25) is 9.59 Å². The van der Waals surface area contributed by atoms with Gasteiger partial charge in [0.25, 0.3) is 5.91 Å². The first-order chi connectivity index (χ1) is 14.0. The number of halogens is 1. The zero-order chi connectivity index (χ0) is 20.5. The van der Waals surface area contributed by atoms with Crippen molar-refractivity contribution < 1.29 is 23.5 Å². The molecule has 2 atom stereocenters. The number of carbonyl (C=O) groups is 3. The van der Waals surface area contributed by atoms with E-state index in [2.05, 4.69) is 0 Å². The van der Waals surface area contributed by atoms with E-state index in [1.54, 1.807) is 4.90 Å². The summed E-state index contributed by atoms with van der Waals surface area (Å²) in [5.74, 6) is -1.37. The molecule has 2 saturated heterocycles. The van der Waals surface area contributed by atoms with Gasteiger partial charge in [0, 0.05) is 18.5 Å². The number of thiophene rings is 1. The highest BCUT2D eigenvalue weighted by molar-refractivity contribution is 7.09. The van der Waals surface area contributed by atoms with Gasteiger partial charge < -0.3 is 14.5 Å². The number of rotatable bonds is 5. The third kappa shape index (κ3) is 3.51. The lowest BCUT2D eigenvalue weighted by atomic mass is 10.0. The number of urea groups is 1. The molecule has 7 nitrogen and oxygen atoms in total. The van der Waals surface area contributed by atoms with Crippen LogP contribution in [-0.4, -0.2) is 60.0 Å². The van der Waals surface area contributed by atoms with Crippen LogP contribution in [0.4, 0.5) is 14.9 Å². The number of amides is 4. The van der Waals surface area contributed by atoms with Crippen molar-refractivity contribution in [3.63, 3.8) is 0 Å². The highest BCUT2D eigenvalue weighted by Gasteiger charge is 2.53. The van der Waals surface area contributed by atoms with Crippen LogP contribution in [-0.2, 0) is 20.9 Å². The van der Waals surface area contributed by atoms with E-state index in [1.165, 1.54) is 41.5 Å². The minimum absolute atomic E-state index is 0.144. The van der Waals surface area contributed by atoms with E-state index >= 15 is 0 Å². The molecule has 2 aliphatic rings. The molecule has 152 valence electrons. The molecule has 0 spiro atoms. The average Bonchev–Trinajstić information content (AvgIpc) is 3.35. The zero-order valence-corrected chi connectivity index (χ0v) is 16.6. The smallest absolute Gasteiger partial charge is 0.332 e. The van der Waals surface area contributed by atoms with Crippen LogP contribution in [0.2, 0.25) is 0 Å². The predicted molar refractivity (Wildman–Crippen MR) is 105 cm³/mol. The Morgan fingerprint density at radius 2 is 2.10 bits per heavy atom. The predicted octanol–water partition coefficient (Wildman–Crippen LogP) is 2.47. The summed E-state index contributed by atoms with van der Waals surface area (Å²) in [6.07, 6.45) is 0.500. The number of methoxy groups -OCH3 is 1. The molecule has 3 heterocycles. The first-order valence-electron chi connectivity index (χ1n) is 9.22. The zero-order valence-electron chi connectivity index (χ0n) is 15.8. The summed E-state index contributed by atoms with van der Waals surface area (Å²) in [6, 6.07) is 7.41. The fourth-order valence-corrected chi connectivity index (χ4v) is 4.69. The van der Waals surface area contributed by atoms with Crippen molar-refractivity contribution in [3.05, 3.63) is 52.5 Å². The molecule has 1 aromatic heterocycles. The van der Waals surface area contributed by atoms with E-state index in [0.29, 0.717) is 19.5 Å². The van der Waals surface area contributed by atoms with Gasteiger partial charge in [-0.05, 0) is 36.1 Å². The topological polar surface area (TPSA) is 70.2 Å². The molecule has 0 N–H and O–H groups in total. The third-order valence-corrected chi connectivity index (χ3v) is 6.10. The van der Waals surface area contributed by atoms with Crippen LogP contribution in [0.1, 0.15) is 11.3 Å². The van der Waals surface area contributed by atoms with Crippen molar-refractivity contribution in [2.45, 2.75) is 25.0 Å². The van der Waals surface area contributed by atoms with E-state index in [4.69, 9.17) is 4.74 Å². The van der Waals surface area contributed by atoms with Crippen LogP contribution in [0.5, 0.6) is 0 Å². The molecule has 0 unspecified atom stereocenters. The summed E-state index contributed by atoms with van der Waals surface area (Å²) >= 11 is 1.51. The van der Waals surface area contributed by atoms with Gasteiger partial charge in [0.05, 0.1) is 18.3 Å². The monoisotopic (exact) mass is 417 g/mol. The van der Waals surface area contributed by atoms with Gasteiger partial charge in [0.15, 0.2) is 0 Å². The highest BCUT2D eigenvalue weighted by atomic mass is 32.1. The quantitative estimate of drug-likeness (QED) is 0.750. The molecule has 2 aromatic rings. The van der Waals surface area contributed by atoms with Crippen LogP contribution < -0.4 is 4.90 Å². The van der Waals surface area contributed by atoms with Gasteiger partial charge in [-0.2, -0.15) is 0 Å². The summed E-state index contributed by atoms with van der Waals surface area (Å²) in [7, 11) is 1.42. The van der Waals surface area contributed by atoms with E-state index < -0.39 is 29.8 Å². The summed E-state index contributed by atoms with van der Waals surface area (Å²) in [5, 5.41) is 1.92. The van der Waals surface area contributed by atoms with E-state index in [1.807, 2.05) is 17.5 Å². The molecular formula is C20H20FN3O4S. The maximum atomic E-state index is 13.8. The lowest BCUT2D eigenvalue weighted by Crippen LogP contribution is -2.66.